The Morgan fingerprint density at radius 2 is 1.87 bits per heavy atom. The molecule has 166 valence electrons. The average Bonchev–Trinajstić information content (AvgIpc) is 3.10. The number of aryl methyl sites for hydroxylation is 2. The van der Waals surface area contributed by atoms with E-state index in [9.17, 15) is 14.4 Å². The third kappa shape index (κ3) is 6.58. The van der Waals surface area contributed by atoms with E-state index in [0.29, 0.717) is 17.0 Å². The summed E-state index contributed by atoms with van der Waals surface area (Å²) in [7, 11) is 0. The van der Waals surface area contributed by atoms with Crippen molar-refractivity contribution in [1.82, 2.24) is 5.32 Å². The summed E-state index contributed by atoms with van der Waals surface area (Å²) in [4.78, 5) is 39.3. The molecule has 0 saturated carbocycles. The molecule has 1 aliphatic rings. The summed E-state index contributed by atoms with van der Waals surface area (Å²) in [6, 6.07) is 8.34. The van der Waals surface area contributed by atoms with E-state index in [-0.39, 0.29) is 12.5 Å². The predicted molar refractivity (Wildman–Crippen MR) is 125 cm³/mol. The third-order valence-electron chi connectivity index (χ3n) is 4.98. The second-order valence-electron chi connectivity index (χ2n) is 7.40. The van der Waals surface area contributed by atoms with E-state index in [0.717, 1.165) is 48.3 Å². The molecule has 1 aliphatic carbocycles. The molecule has 0 radical (unpaired) electrons. The van der Waals surface area contributed by atoms with Gasteiger partial charge in [0.05, 0.1) is 12.2 Å². The number of ether oxygens (including phenoxy) is 1. The lowest BCUT2D eigenvalue weighted by molar-refractivity contribution is -0.116. The molecule has 0 fully saturated rings. The van der Waals surface area contributed by atoms with E-state index < -0.39 is 12.0 Å². The monoisotopic (exact) mass is 460 g/mol. The Morgan fingerprint density at radius 3 is 2.61 bits per heavy atom. The summed E-state index contributed by atoms with van der Waals surface area (Å²) in [5.41, 5.74) is 2.59. The van der Waals surface area contributed by atoms with Crippen LogP contribution in [0.2, 0.25) is 0 Å². The third-order valence-corrected chi connectivity index (χ3v) is 7.29. The van der Waals surface area contributed by atoms with Crippen LogP contribution in [0.15, 0.2) is 29.2 Å². The Bertz CT molecular complexity index is 938. The van der Waals surface area contributed by atoms with Crippen LogP contribution in [0, 0.1) is 6.92 Å². The van der Waals surface area contributed by atoms with Gasteiger partial charge in [0, 0.05) is 16.2 Å². The number of thioether (sulfide) groups is 1. The van der Waals surface area contributed by atoms with Gasteiger partial charge in [0.25, 0.3) is 5.91 Å². The number of fused-ring (bicyclic) bond motifs is 1. The maximum atomic E-state index is 12.7. The lowest BCUT2D eigenvalue weighted by Gasteiger charge is -2.13. The van der Waals surface area contributed by atoms with Gasteiger partial charge in [-0.05, 0) is 69.4 Å². The Morgan fingerprint density at radius 1 is 1.13 bits per heavy atom. The van der Waals surface area contributed by atoms with Gasteiger partial charge in [0.1, 0.15) is 5.00 Å². The molecule has 31 heavy (non-hydrogen) atoms. The molecule has 3 rings (SSSR count). The molecule has 3 amide bonds. The first-order valence-corrected chi connectivity index (χ1v) is 12.4. The van der Waals surface area contributed by atoms with Crippen LogP contribution < -0.4 is 10.6 Å². The average molecular weight is 461 g/mol. The zero-order chi connectivity index (χ0) is 22.2. The van der Waals surface area contributed by atoms with E-state index in [4.69, 9.17) is 4.74 Å². The van der Waals surface area contributed by atoms with Crippen molar-refractivity contribution in [2.75, 3.05) is 17.7 Å². The van der Waals surface area contributed by atoms with Gasteiger partial charge in [-0.1, -0.05) is 17.7 Å². The molecule has 0 bridgehead atoms. The fraction of sp³-hybridized carbons (Fsp3) is 0.435. The lowest BCUT2D eigenvalue weighted by Crippen LogP contribution is -2.32. The van der Waals surface area contributed by atoms with Gasteiger partial charge in [-0.15, -0.1) is 23.1 Å². The summed E-state index contributed by atoms with van der Waals surface area (Å²) < 4.78 is 4.83. The summed E-state index contributed by atoms with van der Waals surface area (Å²) in [6.07, 6.45) is 4.07. The van der Waals surface area contributed by atoms with E-state index in [1.165, 1.54) is 21.8 Å². The first-order chi connectivity index (χ1) is 15.0. The van der Waals surface area contributed by atoms with E-state index in [1.54, 1.807) is 18.7 Å². The minimum Gasteiger partial charge on any atom is -0.450 e. The molecular formula is C23H28N2O4S2. The molecule has 0 spiro atoms. The standard InChI is InChI=1S/C23H28N2O4S2/c1-3-29-23(28)25-21(27)20-17-7-4-5-8-18(17)31-22(20)24-19(26)9-6-14-30-16-12-10-15(2)11-13-16/h10-13H,3-9,14H2,1-2H3,(H,24,26)(H,25,27,28). The van der Waals surface area contributed by atoms with Gasteiger partial charge in [0.15, 0.2) is 0 Å². The number of hydrogen-bond donors (Lipinski definition) is 2. The van der Waals surface area contributed by atoms with Crippen LogP contribution in [0.1, 0.15) is 59.0 Å². The molecule has 0 aliphatic heterocycles. The number of carbonyl (C=O) groups is 3. The van der Waals surface area contributed by atoms with E-state index in [2.05, 4.69) is 41.8 Å². The molecule has 8 heteroatoms. The van der Waals surface area contributed by atoms with Gasteiger partial charge in [-0.25, -0.2) is 4.79 Å². The predicted octanol–water partition coefficient (Wildman–Crippen LogP) is 5.33. The van der Waals surface area contributed by atoms with Crippen LogP contribution in [-0.4, -0.2) is 30.3 Å². The van der Waals surface area contributed by atoms with Gasteiger partial charge < -0.3 is 10.1 Å². The number of hydrogen-bond acceptors (Lipinski definition) is 6. The topological polar surface area (TPSA) is 84.5 Å². The molecule has 0 unspecified atom stereocenters. The second-order valence-corrected chi connectivity index (χ2v) is 9.68. The fourth-order valence-electron chi connectivity index (χ4n) is 3.46. The maximum absolute atomic E-state index is 12.7. The number of nitrogens with one attached hydrogen (secondary N) is 2. The van der Waals surface area contributed by atoms with Gasteiger partial charge in [-0.3, -0.25) is 14.9 Å². The minimum atomic E-state index is -0.770. The lowest BCUT2D eigenvalue weighted by atomic mass is 9.95. The van der Waals surface area contributed by atoms with Crippen molar-refractivity contribution in [1.29, 1.82) is 0 Å². The number of rotatable bonds is 8. The molecule has 1 aromatic carbocycles. The first-order valence-electron chi connectivity index (χ1n) is 10.6. The number of imide groups is 1. The summed E-state index contributed by atoms with van der Waals surface area (Å²) in [6.45, 7) is 3.92. The highest BCUT2D eigenvalue weighted by atomic mass is 32.2. The normalized spacial score (nSPS) is 12.7. The highest BCUT2D eigenvalue weighted by Gasteiger charge is 2.27. The van der Waals surface area contributed by atoms with Crippen molar-refractivity contribution in [3.8, 4) is 0 Å². The SMILES string of the molecule is CCOC(=O)NC(=O)c1c(NC(=O)CCCSc2ccc(C)cc2)sc2c1CCCC2. The smallest absolute Gasteiger partial charge is 0.414 e. The number of amides is 3. The molecule has 1 aromatic heterocycles. The number of benzene rings is 1. The fourth-order valence-corrected chi connectivity index (χ4v) is 5.62. The summed E-state index contributed by atoms with van der Waals surface area (Å²) in [5, 5.41) is 5.72. The van der Waals surface area contributed by atoms with Crippen molar-refractivity contribution in [3.05, 3.63) is 45.8 Å². The van der Waals surface area contributed by atoms with E-state index >= 15 is 0 Å². The van der Waals surface area contributed by atoms with Crippen molar-refractivity contribution in [2.45, 2.75) is 57.3 Å². The highest BCUT2D eigenvalue weighted by molar-refractivity contribution is 7.99. The molecule has 0 atom stereocenters. The van der Waals surface area contributed by atoms with Gasteiger partial charge in [0.2, 0.25) is 5.91 Å². The minimum absolute atomic E-state index is 0.117. The van der Waals surface area contributed by atoms with Crippen LogP contribution in [-0.2, 0) is 22.4 Å². The van der Waals surface area contributed by atoms with Crippen LogP contribution in [0.5, 0.6) is 0 Å². The van der Waals surface area contributed by atoms with E-state index in [1.807, 2.05) is 0 Å². The van der Waals surface area contributed by atoms with Gasteiger partial charge in [-0.2, -0.15) is 0 Å². The Hall–Kier alpha value is -2.32. The van der Waals surface area contributed by atoms with Crippen LogP contribution in [0.4, 0.5) is 9.80 Å². The largest absolute Gasteiger partial charge is 0.450 e. The summed E-state index contributed by atoms with van der Waals surface area (Å²) >= 11 is 3.17. The molecule has 0 saturated heterocycles. The number of carbonyl (C=O) groups excluding carboxylic acids is 3. The number of alkyl carbamates (subject to hydrolysis) is 1. The maximum Gasteiger partial charge on any atom is 0.414 e. The molecule has 1 heterocycles. The van der Waals surface area contributed by atoms with Crippen LogP contribution in [0.3, 0.4) is 0 Å². The van der Waals surface area contributed by atoms with Crippen LogP contribution >= 0.6 is 23.1 Å². The first kappa shape index (κ1) is 23.3. The zero-order valence-electron chi connectivity index (χ0n) is 17.9. The quantitative estimate of drug-likeness (QED) is 0.411. The van der Waals surface area contributed by atoms with Crippen molar-refractivity contribution >= 4 is 46.0 Å². The Kier molecular flexibility index (Phi) is 8.54. The number of thiophene rings is 1. The summed E-state index contributed by atoms with van der Waals surface area (Å²) in [5.74, 6) is 0.213. The second kappa shape index (κ2) is 11.3. The highest BCUT2D eigenvalue weighted by Crippen LogP contribution is 2.38. The molecule has 2 N–H and O–H groups in total. The van der Waals surface area contributed by atoms with Crippen molar-refractivity contribution in [3.63, 3.8) is 0 Å². The molecule has 6 nitrogen and oxygen atoms in total. The zero-order valence-corrected chi connectivity index (χ0v) is 19.5. The molecular weight excluding hydrogens is 432 g/mol. The van der Waals surface area contributed by atoms with Gasteiger partial charge >= 0.3 is 6.09 Å². The van der Waals surface area contributed by atoms with Crippen molar-refractivity contribution in [2.24, 2.45) is 0 Å². The van der Waals surface area contributed by atoms with Crippen LogP contribution in [0.25, 0.3) is 0 Å². The Balaban J connectivity index is 1.59. The number of anilines is 1. The van der Waals surface area contributed by atoms with Crippen molar-refractivity contribution < 1.29 is 19.1 Å². The Labute approximate surface area is 191 Å². The molecule has 2 aromatic rings.